The number of hydrogen-bond acceptors (Lipinski definition) is 2. The molecule has 0 unspecified atom stereocenters. The number of phenols is 1. The molecule has 0 radical (unpaired) electrons. The molecule has 3 heteroatoms. The Morgan fingerprint density at radius 2 is 1.91 bits per heavy atom. The Morgan fingerprint density at radius 1 is 1.18 bits per heavy atom. The minimum Gasteiger partial charge on any atom is -0.508 e. The zero-order chi connectivity index (χ0) is 15.5. The second kappa shape index (κ2) is 6.22. The Morgan fingerprint density at radius 3 is 2.50 bits per heavy atom. The molecule has 2 N–H and O–H groups in total. The lowest BCUT2D eigenvalue weighted by Crippen LogP contribution is -2.36. The van der Waals surface area contributed by atoms with Crippen molar-refractivity contribution in [1.82, 2.24) is 5.32 Å². The lowest BCUT2D eigenvalue weighted by atomic mass is 9.77. The van der Waals surface area contributed by atoms with Crippen LogP contribution in [0.3, 0.4) is 0 Å². The third-order valence-corrected chi connectivity index (χ3v) is 4.54. The van der Waals surface area contributed by atoms with E-state index >= 15 is 0 Å². The molecule has 1 fully saturated rings. The van der Waals surface area contributed by atoms with Gasteiger partial charge >= 0.3 is 0 Å². The molecule has 3 nitrogen and oxygen atoms in total. The van der Waals surface area contributed by atoms with Crippen molar-refractivity contribution < 1.29 is 9.90 Å². The topological polar surface area (TPSA) is 49.3 Å². The smallest absolute Gasteiger partial charge is 0.251 e. The van der Waals surface area contributed by atoms with Crippen LogP contribution in [0.5, 0.6) is 5.75 Å². The van der Waals surface area contributed by atoms with Crippen molar-refractivity contribution in [2.24, 2.45) is 5.92 Å². The number of nitrogens with one attached hydrogen (secondary N) is 1. The third-order valence-electron chi connectivity index (χ3n) is 4.54. The summed E-state index contributed by atoms with van der Waals surface area (Å²) < 4.78 is 0. The normalized spacial score (nSPS) is 15.9. The quantitative estimate of drug-likeness (QED) is 0.896. The van der Waals surface area contributed by atoms with E-state index in [1.54, 1.807) is 12.1 Å². The molecule has 0 aliphatic heterocycles. The van der Waals surface area contributed by atoms with Crippen molar-refractivity contribution >= 4 is 5.91 Å². The summed E-state index contributed by atoms with van der Waals surface area (Å²) in [5, 5.41) is 12.9. The molecule has 0 spiro atoms. The van der Waals surface area contributed by atoms with E-state index in [1.165, 1.54) is 12.5 Å². The molecule has 1 saturated carbocycles. The van der Waals surface area contributed by atoms with Crippen LogP contribution in [0.1, 0.15) is 46.8 Å². The first-order valence-electron chi connectivity index (χ1n) is 7.80. The maximum absolute atomic E-state index is 12.5. The summed E-state index contributed by atoms with van der Waals surface area (Å²) in [5.74, 6) is 0.536. The van der Waals surface area contributed by atoms with Gasteiger partial charge in [-0.05, 0) is 48.9 Å². The van der Waals surface area contributed by atoms with Gasteiger partial charge in [0, 0.05) is 5.56 Å². The van der Waals surface area contributed by atoms with Crippen LogP contribution in [-0.4, -0.2) is 11.0 Å². The number of benzene rings is 2. The summed E-state index contributed by atoms with van der Waals surface area (Å²) in [7, 11) is 0. The molecule has 0 aromatic heterocycles. The summed E-state index contributed by atoms with van der Waals surface area (Å²) in [5.41, 5.74) is 2.43. The van der Waals surface area contributed by atoms with Gasteiger partial charge in [-0.3, -0.25) is 4.79 Å². The second-order valence-electron chi connectivity index (χ2n) is 6.05. The lowest BCUT2D eigenvalue weighted by Gasteiger charge is -2.34. The first-order valence-corrected chi connectivity index (χ1v) is 7.80. The molecule has 2 aromatic rings. The molecule has 0 heterocycles. The number of phenolic OH excluding ortho intramolecular Hbond substituents is 1. The van der Waals surface area contributed by atoms with E-state index in [0.29, 0.717) is 11.5 Å². The Balaban J connectivity index is 1.80. The van der Waals surface area contributed by atoms with Crippen LogP contribution in [0, 0.1) is 12.8 Å². The zero-order valence-electron chi connectivity index (χ0n) is 12.8. The summed E-state index contributed by atoms with van der Waals surface area (Å²) in [6.45, 7) is 1.82. The molecule has 1 amide bonds. The number of aryl methyl sites for hydroxylation is 1. The fourth-order valence-electron chi connectivity index (χ4n) is 2.88. The minimum absolute atomic E-state index is 0.0471. The van der Waals surface area contributed by atoms with Crippen LogP contribution < -0.4 is 5.32 Å². The molecule has 0 saturated heterocycles. The summed E-state index contributed by atoms with van der Waals surface area (Å²) >= 11 is 0. The largest absolute Gasteiger partial charge is 0.508 e. The maximum Gasteiger partial charge on any atom is 0.251 e. The summed E-state index contributed by atoms with van der Waals surface area (Å²) in [4.78, 5) is 12.5. The highest BCUT2D eigenvalue weighted by Crippen LogP contribution is 2.37. The van der Waals surface area contributed by atoms with Gasteiger partial charge in [0.05, 0.1) is 6.04 Å². The summed E-state index contributed by atoms with van der Waals surface area (Å²) in [6.07, 6.45) is 3.53. The van der Waals surface area contributed by atoms with Gasteiger partial charge in [-0.1, -0.05) is 42.8 Å². The van der Waals surface area contributed by atoms with Gasteiger partial charge in [0.25, 0.3) is 5.91 Å². The highest BCUT2D eigenvalue weighted by Gasteiger charge is 2.29. The number of aromatic hydroxyl groups is 1. The number of hydrogen-bond donors (Lipinski definition) is 2. The number of amides is 1. The molecule has 2 aromatic carbocycles. The van der Waals surface area contributed by atoms with Gasteiger partial charge in [0.15, 0.2) is 0 Å². The van der Waals surface area contributed by atoms with Crippen molar-refractivity contribution in [3.8, 4) is 5.75 Å². The van der Waals surface area contributed by atoms with Gasteiger partial charge in [-0.25, -0.2) is 0 Å². The minimum atomic E-state index is -0.129. The molecule has 114 valence electrons. The van der Waals surface area contributed by atoms with Crippen LogP contribution in [0.4, 0.5) is 0 Å². The number of carbonyl (C=O) groups is 1. The van der Waals surface area contributed by atoms with E-state index in [0.717, 1.165) is 24.0 Å². The SMILES string of the molecule is Cc1ccc(C(=O)N[C@H](c2ccccc2)C2CCC2)cc1O. The van der Waals surface area contributed by atoms with E-state index < -0.39 is 0 Å². The number of carbonyl (C=O) groups excluding carboxylic acids is 1. The highest BCUT2D eigenvalue weighted by molar-refractivity contribution is 5.95. The lowest BCUT2D eigenvalue weighted by molar-refractivity contribution is 0.0900. The zero-order valence-corrected chi connectivity index (χ0v) is 12.8. The standard InChI is InChI=1S/C19H21NO2/c1-13-10-11-16(12-17(13)21)19(22)20-18(15-8-5-9-15)14-6-3-2-4-7-14/h2-4,6-7,10-12,15,18,21H,5,8-9H2,1H3,(H,20,22)/t18-/m1/s1. The Bertz CT molecular complexity index is 662. The van der Waals surface area contributed by atoms with E-state index in [4.69, 9.17) is 0 Å². The van der Waals surface area contributed by atoms with Gasteiger partial charge < -0.3 is 10.4 Å². The molecule has 1 aliphatic carbocycles. The molecule has 0 bridgehead atoms. The average Bonchev–Trinajstić information content (AvgIpc) is 2.48. The van der Waals surface area contributed by atoms with Crippen molar-refractivity contribution in [2.45, 2.75) is 32.2 Å². The first kappa shape index (κ1) is 14.6. The van der Waals surface area contributed by atoms with Gasteiger partial charge in [0.1, 0.15) is 5.75 Å². The van der Waals surface area contributed by atoms with Crippen LogP contribution in [0.25, 0.3) is 0 Å². The predicted octanol–water partition coefficient (Wildman–Crippen LogP) is 3.97. The van der Waals surface area contributed by atoms with E-state index in [9.17, 15) is 9.90 Å². The second-order valence-corrected chi connectivity index (χ2v) is 6.05. The first-order chi connectivity index (χ1) is 10.6. The van der Waals surface area contributed by atoms with Gasteiger partial charge in [0.2, 0.25) is 0 Å². The van der Waals surface area contributed by atoms with Gasteiger partial charge in [-0.2, -0.15) is 0 Å². The summed E-state index contributed by atoms with van der Waals surface area (Å²) in [6, 6.07) is 15.2. The fourth-order valence-corrected chi connectivity index (χ4v) is 2.88. The Labute approximate surface area is 131 Å². The predicted molar refractivity (Wildman–Crippen MR) is 86.8 cm³/mol. The van der Waals surface area contributed by atoms with Crippen LogP contribution in [-0.2, 0) is 0 Å². The average molecular weight is 295 g/mol. The number of rotatable bonds is 4. The molecule has 3 rings (SSSR count). The Kier molecular flexibility index (Phi) is 4.14. The molecular formula is C19H21NO2. The fraction of sp³-hybridized carbons (Fsp3) is 0.316. The molecule has 1 atom stereocenters. The van der Waals surface area contributed by atoms with Gasteiger partial charge in [-0.15, -0.1) is 0 Å². The monoisotopic (exact) mass is 295 g/mol. The van der Waals surface area contributed by atoms with E-state index in [1.807, 2.05) is 25.1 Å². The van der Waals surface area contributed by atoms with Crippen LogP contribution in [0.2, 0.25) is 0 Å². The van der Waals surface area contributed by atoms with Crippen LogP contribution >= 0.6 is 0 Å². The maximum atomic E-state index is 12.5. The molecule has 1 aliphatic rings. The van der Waals surface area contributed by atoms with Crippen LogP contribution in [0.15, 0.2) is 48.5 Å². The van der Waals surface area contributed by atoms with Crippen molar-refractivity contribution in [2.75, 3.05) is 0 Å². The molecular weight excluding hydrogens is 274 g/mol. The third kappa shape index (κ3) is 2.98. The Hall–Kier alpha value is -2.29. The highest BCUT2D eigenvalue weighted by atomic mass is 16.3. The van der Waals surface area contributed by atoms with Crippen molar-refractivity contribution in [3.63, 3.8) is 0 Å². The van der Waals surface area contributed by atoms with E-state index in [-0.39, 0.29) is 17.7 Å². The molecule has 22 heavy (non-hydrogen) atoms. The van der Waals surface area contributed by atoms with E-state index in [2.05, 4.69) is 17.4 Å². The van der Waals surface area contributed by atoms with Crippen molar-refractivity contribution in [3.05, 3.63) is 65.2 Å². The van der Waals surface area contributed by atoms with Crippen molar-refractivity contribution in [1.29, 1.82) is 0 Å².